The van der Waals surface area contributed by atoms with Crippen molar-refractivity contribution in [3.05, 3.63) is 18.2 Å². The maximum Gasteiger partial charge on any atom is 0.495 e. The molecule has 24 heavy (non-hydrogen) atoms. The average molecular weight is 346 g/mol. The van der Waals surface area contributed by atoms with E-state index in [0.29, 0.717) is 0 Å². The summed E-state index contributed by atoms with van der Waals surface area (Å²) in [5, 5.41) is 0. The molecule has 2 saturated heterocycles. The lowest BCUT2D eigenvalue weighted by molar-refractivity contribution is 0.00578. The summed E-state index contributed by atoms with van der Waals surface area (Å²) in [5.74, 6) is -0.418. The molecule has 0 amide bonds. The van der Waals surface area contributed by atoms with Gasteiger partial charge in [0.05, 0.1) is 27.8 Å². The highest BCUT2D eigenvalue weighted by Crippen LogP contribution is 2.37. The van der Waals surface area contributed by atoms with Crippen molar-refractivity contribution >= 4 is 18.3 Å². The second-order valence-corrected chi connectivity index (χ2v) is 6.57. The fourth-order valence-electron chi connectivity index (χ4n) is 2.29. The first-order valence-corrected chi connectivity index (χ1v) is 7.40. The molecule has 2 aliphatic heterocycles. The van der Waals surface area contributed by atoms with Crippen LogP contribution in [0.3, 0.4) is 0 Å². The maximum absolute atomic E-state index is 8.53. The van der Waals surface area contributed by atoms with Crippen molar-refractivity contribution in [1.82, 2.24) is 4.90 Å². The van der Waals surface area contributed by atoms with Crippen molar-refractivity contribution in [2.45, 2.75) is 38.9 Å². The Morgan fingerprint density at radius 2 is 1.75 bits per heavy atom. The molecule has 5 nitrogen and oxygen atoms in total. The highest BCUT2D eigenvalue weighted by atomic mass is 16.7. The van der Waals surface area contributed by atoms with E-state index in [9.17, 15) is 0 Å². The number of hydrogen-bond acceptors (Lipinski definition) is 5. The van der Waals surface area contributed by atoms with Crippen LogP contribution in [0.2, 0.25) is 0 Å². The van der Waals surface area contributed by atoms with Gasteiger partial charge in [-0.25, -0.2) is 0 Å². The van der Waals surface area contributed by atoms with Gasteiger partial charge in [0.25, 0.3) is 0 Å². The first-order chi connectivity index (χ1) is 16.6. The molecule has 0 bridgehead atoms. The Balaban J connectivity index is 2.28. The van der Waals surface area contributed by atoms with Crippen LogP contribution >= 0.6 is 0 Å². The molecule has 0 aliphatic carbocycles. The fourth-order valence-corrected chi connectivity index (χ4v) is 2.29. The second kappa shape index (κ2) is 6.25. The normalized spacial score (nSPS) is 41.7. The van der Waals surface area contributed by atoms with E-state index in [2.05, 4.69) is 0 Å². The molecule has 0 saturated carbocycles. The van der Waals surface area contributed by atoms with E-state index < -0.39 is 74.7 Å². The summed E-state index contributed by atoms with van der Waals surface area (Å²) in [5.41, 5.74) is -2.21. The molecule has 132 valence electrons. The van der Waals surface area contributed by atoms with Crippen LogP contribution in [0.4, 0.5) is 5.69 Å². The molecule has 0 spiro atoms. The van der Waals surface area contributed by atoms with Gasteiger partial charge in [-0.1, -0.05) is 0 Å². The van der Waals surface area contributed by atoms with E-state index in [1.54, 1.807) is 27.7 Å². The molecule has 1 aromatic carbocycles. The number of piperazine rings is 1. The minimum Gasteiger partial charge on any atom is -0.497 e. The van der Waals surface area contributed by atoms with Crippen molar-refractivity contribution in [2.75, 3.05) is 44.9 Å². The van der Waals surface area contributed by atoms with E-state index in [4.69, 9.17) is 33.2 Å². The minimum absolute atomic E-state index is 0.0476. The number of methoxy groups -OCH3 is 1. The summed E-state index contributed by atoms with van der Waals surface area (Å²) < 4.78 is 130. The van der Waals surface area contributed by atoms with Crippen LogP contribution < -0.4 is 15.1 Å². The Labute approximate surface area is 165 Å². The van der Waals surface area contributed by atoms with E-state index in [-0.39, 0.29) is 10.4 Å². The number of nitrogens with zero attached hydrogens (tertiary/aromatic N) is 2. The van der Waals surface area contributed by atoms with E-state index in [0.717, 1.165) is 12.1 Å². The summed E-state index contributed by atoms with van der Waals surface area (Å²) in [6.45, 7) is -10.9. The molecule has 0 atom stereocenters. The predicted molar refractivity (Wildman–Crippen MR) is 98.4 cm³/mol. The second-order valence-electron chi connectivity index (χ2n) is 6.57. The van der Waals surface area contributed by atoms with Crippen molar-refractivity contribution in [1.29, 1.82) is 0 Å². The smallest absolute Gasteiger partial charge is 0.495 e. The number of anilines is 1. The number of rotatable bonds is 3. The van der Waals surface area contributed by atoms with Gasteiger partial charge in [0.1, 0.15) is 5.75 Å². The molecule has 6 heteroatoms. The number of likely N-dealkylation sites (N-methyl/N-ethyl adjacent to an activating group) is 1. The molecule has 2 fully saturated rings. The first kappa shape index (κ1) is 7.18. The molecule has 0 radical (unpaired) electrons. The third-order valence-electron chi connectivity index (χ3n) is 4.36. The van der Waals surface area contributed by atoms with Gasteiger partial charge in [-0.15, -0.1) is 0 Å². The van der Waals surface area contributed by atoms with Gasteiger partial charge in [0, 0.05) is 47.3 Å². The molecular weight excluding hydrogens is 303 g/mol. The molecule has 0 unspecified atom stereocenters. The predicted octanol–water partition coefficient (Wildman–Crippen LogP) is 1.75. The molecule has 0 N–H and O–H groups in total. The van der Waals surface area contributed by atoms with Crippen LogP contribution in [0.1, 0.15) is 46.9 Å². The fraction of sp³-hybridized carbons (Fsp3) is 0.667. The van der Waals surface area contributed by atoms with Crippen LogP contribution in [0.15, 0.2) is 18.2 Å². The molecule has 1 aromatic rings. The monoisotopic (exact) mass is 346 g/mol. The van der Waals surface area contributed by atoms with Gasteiger partial charge in [-0.05, 0) is 52.3 Å². The van der Waals surface area contributed by atoms with Crippen LogP contribution in [-0.4, -0.2) is 63.2 Å². The third-order valence-corrected chi connectivity index (χ3v) is 4.36. The van der Waals surface area contributed by atoms with Gasteiger partial charge < -0.3 is 23.8 Å². The molecule has 0 aromatic heterocycles. The van der Waals surface area contributed by atoms with E-state index in [1.165, 1.54) is 6.07 Å². The zero-order valence-electron chi connectivity index (χ0n) is 27.9. The average Bonchev–Trinajstić information content (AvgIpc) is 2.84. The third kappa shape index (κ3) is 3.28. The summed E-state index contributed by atoms with van der Waals surface area (Å²) in [6.07, 6.45) is 0. The van der Waals surface area contributed by atoms with Crippen LogP contribution in [0.5, 0.6) is 5.75 Å². The highest BCUT2D eigenvalue weighted by Gasteiger charge is 2.51. The van der Waals surface area contributed by atoms with Gasteiger partial charge >= 0.3 is 7.12 Å². The molecular formula is C18H29BN2O3. The Morgan fingerprint density at radius 3 is 2.33 bits per heavy atom. The highest BCUT2D eigenvalue weighted by molar-refractivity contribution is 6.62. The SMILES string of the molecule is [2H]C([2H])([2H])Oc1cc(B2OC(C)(C)C(C)(C)O2)cc(N2C([2H])([2H])C([2H])([2H])N(C([2H])([2H])[2H])C([2H])([2H])C2([2H])[2H])c1. The Bertz CT molecular complexity index is 1050. The summed E-state index contributed by atoms with van der Waals surface area (Å²) >= 11 is 0. The lowest BCUT2D eigenvalue weighted by Gasteiger charge is -2.34. The summed E-state index contributed by atoms with van der Waals surface area (Å²) in [7, 11) is -4.17. The van der Waals surface area contributed by atoms with Gasteiger partial charge in [-0.3, -0.25) is 0 Å². The zero-order valence-corrected chi connectivity index (χ0v) is 13.9. The lowest BCUT2D eigenvalue weighted by atomic mass is 9.78. The van der Waals surface area contributed by atoms with E-state index >= 15 is 0 Å². The van der Waals surface area contributed by atoms with Crippen molar-refractivity contribution in [3.8, 4) is 5.75 Å². The van der Waals surface area contributed by atoms with E-state index in [1.807, 2.05) is 0 Å². The van der Waals surface area contributed by atoms with Crippen molar-refractivity contribution in [3.63, 3.8) is 0 Å². The number of ether oxygens (including phenoxy) is 1. The molecule has 3 rings (SSSR count). The zero-order chi connectivity index (χ0) is 29.7. The Kier molecular flexibility index (Phi) is 1.87. The van der Waals surface area contributed by atoms with Crippen LogP contribution in [0, 0.1) is 0 Å². The maximum atomic E-state index is 8.53. The Hall–Kier alpha value is -1.24. The van der Waals surface area contributed by atoms with Gasteiger partial charge in [-0.2, -0.15) is 0 Å². The quantitative estimate of drug-likeness (QED) is 0.779. The number of benzene rings is 1. The Morgan fingerprint density at radius 1 is 1.08 bits per heavy atom. The van der Waals surface area contributed by atoms with Crippen molar-refractivity contribution < 1.29 is 33.2 Å². The first-order valence-electron chi connectivity index (χ1n) is 14.4. The van der Waals surface area contributed by atoms with Crippen molar-refractivity contribution in [2.24, 2.45) is 0 Å². The van der Waals surface area contributed by atoms with Gasteiger partial charge in [0.15, 0.2) is 0 Å². The minimum atomic E-state index is -3.61. The number of hydrogen-bond donors (Lipinski definition) is 0. The van der Waals surface area contributed by atoms with Crippen LogP contribution in [0.25, 0.3) is 0 Å². The van der Waals surface area contributed by atoms with Gasteiger partial charge in [0.2, 0.25) is 0 Å². The summed E-state index contributed by atoms with van der Waals surface area (Å²) in [6, 6.07) is 3.24. The standard InChI is InChI=1S/C18H29BN2O3/c1-17(2)18(3,4)24-19(23-17)14-11-15(13-16(12-14)22-6)21-9-7-20(5)8-10-21/h11-13H,7-10H2,1-6H3/i5D3,6D3,7D2,8D2,9D2,10D2. The lowest BCUT2D eigenvalue weighted by Crippen LogP contribution is -2.45. The molecule has 2 heterocycles. The largest absolute Gasteiger partial charge is 0.497 e. The summed E-state index contributed by atoms with van der Waals surface area (Å²) in [4.78, 5) is -0.329. The molecule has 2 aliphatic rings. The van der Waals surface area contributed by atoms with Crippen LogP contribution in [-0.2, 0) is 9.31 Å². The topological polar surface area (TPSA) is 34.2 Å².